The van der Waals surface area contributed by atoms with Gasteiger partial charge in [-0.05, 0) is 63.3 Å². The van der Waals surface area contributed by atoms with Crippen molar-refractivity contribution in [1.82, 2.24) is 19.9 Å². The third-order valence-corrected chi connectivity index (χ3v) is 6.47. The fraction of sp³-hybridized carbons (Fsp3) is 0.385. The van der Waals surface area contributed by atoms with Gasteiger partial charge in [-0.3, -0.25) is 9.88 Å². The maximum atomic E-state index is 8.88. The molecular formula is C26H28N6O. The number of pyridine rings is 1. The number of ether oxygens (including phenoxy) is 1. The summed E-state index contributed by atoms with van der Waals surface area (Å²) in [5.41, 5.74) is 3.40. The summed E-state index contributed by atoms with van der Waals surface area (Å²) in [5, 5.41) is 12.1. The molecule has 3 heterocycles. The Kier molecular flexibility index (Phi) is 6.45. The molecule has 1 aliphatic carbocycles. The van der Waals surface area contributed by atoms with Crippen molar-refractivity contribution in [2.75, 3.05) is 11.9 Å². The van der Waals surface area contributed by atoms with Crippen LogP contribution in [0.25, 0.3) is 0 Å². The average Bonchev–Trinajstić information content (AvgIpc) is 3.54. The van der Waals surface area contributed by atoms with Crippen LogP contribution in [-0.4, -0.2) is 32.5 Å². The zero-order valence-electron chi connectivity index (χ0n) is 18.7. The second kappa shape index (κ2) is 9.97. The highest BCUT2D eigenvalue weighted by Crippen LogP contribution is 2.34. The highest BCUT2D eigenvalue weighted by atomic mass is 16.5. The van der Waals surface area contributed by atoms with Gasteiger partial charge in [0, 0.05) is 12.1 Å². The van der Waals surface area contributed by atoms with Crippen LogP contribution >= 0.6 is 0 Å². The van der Waals surface area contributed by atoms with Crippen LogP contribution in [0.15, 0.2) is 55.0 Å². The Morgan fingerprint density at radius 1 is 0.970 bits per heavy atom. The number of rotatable bonds is 7. The van der Waals surface area contributed by atoms with Crippen LogP contribution in [-0.2, 0) is 6.54 Å². The summed E-state index contributed by atoms with van der Waals surface area (Å²) in [6, 6.07) is 14.2. The first-order valence-electron chi connectivity index (χ1n) is 11.7. The molecule has 2 aromatic heterocycles. The summed E-state index contributed by atoms with van der Waals surface area (Å²) >= 11 is 0. The molecule has 2 fully saturated rings. The number of hydrogen-bond donors (Lipinski definition) is 1. The van der Waals surface area contributed by atoms with Gasteiger partial charge in [0.15, 0.2) is 0 Å². The first kappa shape index (κ1) is 21.4. The molecule has 2 aliphatic rings. The topological polar surface area (TPSA) is 87.0 Å². The number of nitrogens with one attached hydrogen (secondary N) is 1. The van der Waals surface area contributed by atoms with Crippen LogP contribution in [0.2, 0.25) is 0 Å². The lowest BCUT2D eigenvalue weighted by atomic mass is 10.1. The number of nitrogens with zero attached hydrogens (tertiary/aromatic N) is 5. The standard InChI is InChI=1S/C26H28N6O/c27-14-20-11-12-21(15-28-20)31-26-17-29-23(16-30-26)24-9-5-13-32(24)18-19-6-1-4-10-25(19)33-22-7-2-3-8-22/h1,4,6,10-12,15-17,22,24H,2-3,5,7-9,13,18H2,(H,30,31)/t24-/m1/s1. The highest BCUT2D eigenvalue weighted by Gasteiger charge is 2.28. The largest absolute Gasteiger partial charge is 0.490 e. The Morgan fingerprint density at radius 3 is 2.61 bits per heavy atom. The SMILES string of the molecule is N#Cc1ccc(Nc2cnc([C@H]3CCCN3Cc3ccccc3OC3CCCC3)cn2)cn1. The molecule has 0 spiro atoms. The van der Waals surface area contributed by atoms with Crippen molar-refractivity contribution in [3.8, 4) is 11.8 Å². The fourth-order valence-corrected chi connectivity index (χ4v) is 4.76. The molecule has 1 atom stereocenters. The van der Waals surface area contributed by atoms with E-state index in [0.717, 1.165) is 55.9 Å². The van der Waals surface area contributed by atoms with Crippen LogP contribution in [0.1, 0.15) is 61.5 Å². The van der Waals surface area contributed by atoms with E-state index in [1.165, 1.54) is 18.4 Å². The molecule has 168 valence electrons. The van der Waals surface area contributed by atoms with Gasteiger partial charge in [0.1, 0.15) is 23.3 Å². The van der Waals surface area contributed by atoms with Crippen molar-refractivity contribution < 1.29 is 4.74 Å². The minimum absolute atomic E-state index is 0.252. The van der Waals surface area contributed by atoms with Gasteiger partial charge < -0.3 is 10.1 Å². The summed E-state index contributed by atoms with van der Waals surface area (Å²) in [4.78, 5) is 15.8. The molecule has 33 heavy (non-hydrogen) atoms. The lowest BCUT2D eigenvalue weighted by Crippen LogP contribution is -2.24. The van der Waals surface area contributed by atoms with Gasteiger partial charge in [0.25, 0.3) is 0 Å². The molecule has 1 saturated heterocycles. The molecule has 0 bridgehead atoms. The van der Waals surface area contributed by atoms with E-state index in [9.17, 15) is 0 Å². The first-order chi connectivity index (χ1) is 16.3. The molecule has 1 aliphatic heterocycles. The van der Waals surface area contributed by atoms with E-state index in [4.69, 9.17) is 15.0 Å². The summed E-state index contributed by atoms with van der Waals surface area (Å²) in [6.07, 6.45) is 12.7. The molecule has 1 N–H and O–H groups in total. The summed E-state index contributed by atoms with van der Waals surface area (Å²) < 4.78 is 6.36. The van der Waals surface area contributed by atoms with Gasteiger partial charge in [-0.25, -0.2) is 9.97 Å². The van der Waals surface area contributed by atoms with Gasteiger partial charge in [-0.15, -0.1) is 0 Å². The van der Waals surface area contributed by atoms with Crippen molar-refractivity contribution in [2.45, 2.75) is 57.2 Å². The zero-order chi connectivity index (χ0) is 22.5. The van der Waals surface area contributed by atoms with Crippen molar-refractivity contribution in [1.29, 1.82) is 5.26 Å². The number of nitriles is 1. The summed E-state index contributed by atoms with van der Waals surface area (Å²) in [5.74, 6) is 1.68. The Balaban J connectivity index is 1.25. The zero-order valence-corrected chi connectivity index (χ0v) is 18.7. The first-order valence-corrected chi connectivity index (χ1v) is 11.7. The third-order valence-electron chi connectivity index (χ3n) is 6.47. The number of benzene rings is 1. The molecule has 7 nitrogen and oxygen atoms in total. The summed E-state index contributed by atoms with van der Waals surface area (Å²) in [7, 11) is 0. The number of para-hydroxylation sites is 1. The van der Waals surface area contributed by atoms with Crippen molar-refractivity contribution in [3.05, 3.63) is 71.9 Å². The highest BCUT2D eigenvalue weighted by molar-refractivity contribution is 5.54. The van der Waals surface area contributed by atoms with Crippen LogP contribution in [0.5, 0.6) is 5.75 Å². The molecule has 3 aromatic rings. The smallest absolute Gasteiger partial charge is 0.148 e. The maximum Gasteiger partial charge on any atom is 0.148 e. The van der Waals surface area contributed by atoms with Crippen LogP contribution < -0.4 is 10.1 Å². The van der Waals surface area contributed by atoms with Crippen LogP contribution in [0.3, 0.4) is 0 Å². The van der Waals surface area contributed by atoms with E-state index in [2.05, 4.69) is 44.5 Å². The van der Waals surface area contributed by atoms with Gasteiger partial charge >= 0.3 is 0 Å². The monoisotopic (exact) mass is 440 g/mol. The average molecular weight is 441 g/mol. The maximum absolute atomic E-state index is 8.88. The number of hydrogen-bond acceptors (Lipinski definition) is 7. The molecule has 0 radical (unpaired) electrons. The van der Waals surface area contributed by atoms with Crippen LogP contribution in [0.4, 0.5) is 11.5 Å². The van der Waals surface area contributed by atoms with Crippen molar-refractivity contribution >= 4 is 11.5 Å². The normalized spacial score (nSPS) is 18.8. The molecule has 5 rings (SSSR count). The van der Waals surface area contributed by atoms with Gasteiger partial charge in [-0.1, -0.05) is 18.2 Å². The molecular weight excluding hydrogens is 412 g/mol. The third kappa shape index (κ3) is 5.12. The van der Waals surface area contributed by atoms with Gasteiger partial charge in [0.2, 0.25) is 0 Å². The second-order valence-corrected chi connectivity index (χ2v) is 8.76. The van der Waals surface area contributed by atoms with Crippen molar-refractivity contribution in [2.24, 2.45) is 0 Å². The predicted molar refractivity (Wildman–Crippen MR) is 126 cm³/mol. The molecule has 0 unspecified atom stereocenters. The quantitative estimate of drug-likeness (QED) is 0.544. The Labute approximate surface area is 194 Å². The second-order valence-electron chi connectivity index (χ2n) is 8.76. The van der Waals surface area contributed by atoms with Gasteiger partial charge in [0.05, 0.1) is 42.1 Å². The van der Waals surface area contributed by atoms with E-state index >= 15 is 0 Å². The van der Waals surface area contributed by atoms with E-state index in [0.29, 0.717) is 17.6 Å². The van der Waals surface area contributed by atoms with Gasteiger partial charge in [-0.2, -0.15) is 5.26 Å². The number of anilines is 2. The fourth-order valence-electron chi connectivity index (χ4n) is 4.76. The Hall–Kier alpha value is -3.50. The molecule has 1 aromatic carbocycles. The lowest BCUT2D eigenvalue weighted by molar-refractivity contribution is 0.198. The van der Waals surface area contributed by atoms with E-state index < -0.39 is 0 Å². The number of likely N-dealkylation sites (tertiary alicyclic amines) is 1. The Morgan fingerprint density at radius 2 is 1.85 bits per heavy atom. The minimum atomic E-state index is 0.252. The van der Waals surface area contributed by atoms with E-state index in [-0.39, 0.29) is 6.04 Å². The van der Waals surface area contributed by atoms with E-state index in [1.54, 1.807) is 18.5 Å². The van der Waals surface area contributed by atoms with Crippen molar-refractivity contribution in [3.63, 3.8) is 0 Å². The van der Waals surface area contributed by atoms with E-state index in [1.807, 2.05) is 18.3 Å². The minimum Gasteiger partial charge on any atom is -0.490 e. The lowest BCUT2D eigenvalue weighted by Gasteiger charge is -2.25. The number of aromatic nitrogens is 3. The molecule has 7 heteroatoms. The molecule has 1 saturated carbocycles. The predicted octanol–water partition coefficient (Wildman–Crippen LogP) is 5.15. The Bertz CT molecular complexity index is 1100. The summed E-state index contributed by atoms with van der Waals surface area (Å²) in [6.45, 7) is 1.90. The van der Waals surface area contributed by atoms with Crippen LogP contribution in [0, 0.1) is 11.3 Å². The molecule has 0 amide bonds.